The molecule has 0 aliphatic heterocycles. The standard InChI is InChI=1S/C21H26N6O3/c1-12(2)11-27-14(4)15(13(3)26-27)9-10-18(28)22-25-21(30)19-16-7-5-6-8-17(16)20(29)24-23-19/h5-8,12H,9-11H2,1-4H3,(H,22,28)(H,24,29)(H,25,30). The van der Waals surface area contributed by atoms with Crippen LogP contribution in [0.4, 0.5) is 0 Å². The van der Waals surface area contributed by atoms with Crippen molar-refractivity contribution in [3.05, 3.63) is 57.3 Å². The molecular weight excluding hydrogens is 384 g/mol. The molecule has 9 nitrogen and oxygen atoms in total. The van der Waals surface area contributed by atoms with Crippen LogP contribution in [0.1, 0.15) is 47.7 Å². The number of aryl methyl sites for hydroxylation is 1. The number of nitrogens with one attached hydrogen (secondary N) is 3. The van der Waals surface area contributed by atoms with Crippen LogP contribution in [0.25, 0.3) is 10.8 Å². The van der Waals surface area contributed by atoms with Crippen molar-refractivity contribution in [2.45, 2.75) is 47.1 Å². The van der Waals surface area contributed by atoms with E-state index in [-0.39, 0.29) is 23.6 Å². The third kappa shape index (κ3) is 4.56. The molecule has 2 aromatic heterocycles. The molecule has 0 aliphatic carbocycles. The van der Waals surface area contributed by atoms with E-state index in [9.17, 15) is 14.4 Å². The van der Waals surface area contributed by atoms with Gasteiger partial charge in [0.2, 0.25) is 5.91 Å². The van der Waals surface area contributed by atoms with E-state index in [1.807, 2.05) is 18.5 Å². The molecule has 2 amide bonds. The van der Waals surface area contributed by atoms with Crippen LogP contribution < -0.4 is 16.4 Å². The quantitative estimate of drug-likeness (QED) is 0.535. The van der Waals surface area contributed by atoms with Crippen molar-refractivity contribution in [1.82, 2.24) is 30.8 Å². The fraction of sp³-hybridized carbons (Fsp3) is 0.381. The van der Waals surface area contributed by atoms with Crippen LogP contribution in [0.5, 0.6) is 0 Å². The van der Waals surface area contributed by atoms with E-state index < -0.39 is 5.91 Å². The molecule has 0 spiro atoms. The molecule has 0 aliphatic rings. The van der Waals surface area contributed by atoms with E-state index in [2.05, 4.69) is 40.0 Å². The van der Waals surface area contributed by atoms with Gasteiger partial charge in [0.1, 0.15) is 0 Å². The van der Waals surface area contributed by atoms with Crippen LogP contribution in [0.2, 0.25) is 0 Å². The van der Waals surface area contributed by atoms with E-state index in [1.165, 1.54) is 0 Å². The van der Waals surface area contributed by atoms with E-state index in [1.54, 1.807) is 24.3 Å². The van der Waals surface area contributed by atoms with Crippen LogP contribution in [0.3, 0.4) is 0 Å². The largest absolute Gasteiger partial charge is 0.290 e. The second kappa shape index (κ2) is 8.89. The Hall–Kier alpha value is -3.49. The van der Waals surface area contributed by atoms with Crippen molar-refractivity contribution in [1.29, 1.82) is 0 Å². The molecule has 0 saturated heterocycles. The molecule has 0 saturated carbocycles. The number of hydrazine groups is 1. The first-order valence-electron chi connectivity index (χ1n) is 9.87. The maximum Gasteiger partial charge on any atom is 0.290 e. The summed E-state index contributed by atoms with van der Waals surface area (Å²) in [7, 11) is 0. The lowest BCUT2D eigenvalue weighted by molar-refractivity contribution is -0.121. The molecule has 0 fully saturated rings. The molecule has 30 heavy (non-hydrogen) atoms. The molecule has 2 heterocycles. The highest BCUT2D eigenvalue weighted by molar-refractivity contribution is 6.05. The number of amides is 2. The maximum absolute atomic E-state index is 12.4. The predicted octanol–water partition coefficient (Wildman–Crippen LogP) is 1.79. The Bertz CT molecular complexity index is 1150. The van der Waals surface area contributed by atoms with Crippen LogP contribution in [-0.4, -0.2) is 31.8 Å². The highest BCUT2D eigenvalue weighted by Crippen LogP contribution is 2.16. The number of nitrogens with zero attached hydrogens (tertiary/aromatic N) is 3. The zero-order valence-corrected chi connectivity index (χ0v) is 17.6. The molecule has 158 valence electrons. The monoisotopic (exact) mass is 410 g/mol. The average molecular weight is 410 g/mol. The summed E-state index contributed by atoms with van der Waals surface area (Å²) < 4.78 is 1.97. The third-order valence-electron chi connectivity index (χ3n) is 4.90. The number of hydrogen-bond donors (Lipinski definition) is 3. The van der Waals surface area contributed by atoms with E-state index in [0.29, 0.717) is 23.1 Å². The average Bonchev–Trinajstić information content (AvgIpc) is 2.97. The lowest BCUT2D eigenvalue weighted by atomic mass is 10.1. The first kappa shape index (κ1) is 21.2. The second-order valence-corrected chi connectivity index (χ2v) is 7.67. The van der Waals surface area contributed by atoms with E-state index in [4.69, 9.17) is 0 Å². The second-order valence-electron chi connectivity index (χ2n) is 7.67. The summed E-state index contributed by atoms with van der Waals surface area (Å²) >= 11 is 0. The van der Waals surface area contributed by atoms with Gasteiger partial charge in [-0.3, -0.25) is 29.9 Å². The highest BCUT2D eigenvalue weighted by atomic mass is 16.2. The molecule has 3 rings (SSSR count). The Morgan fingerprint density at radius 1 is 1.13 bits per heavy atom. The van der Waals surface area contributed by atoms with Crippen molar-refractivity contribution >= 4 is 22.6 Å². The van der Waals surface area contributed by atoms with E-state index in [0.717, 1.165) is 23.5 Å². The van der Waals surface area contributed by atoms with Gasteiger partial charge in [-0.05, 0) is 37.8 Å². The number of H-pyrrole nitrogens is 1. The summed E-state index contributed by atoms with van der Waals surface area (Å²) in [6, 6.07) is 6.65. The Morgan fingerprint density at radius 2 is 1.83 bits per heavy atom. The van der Waals surface area contributed by atoms with Gasteiger partial charge in [-0.1, -0.05) is 32.0 Å². The van der Waals surface area contributed by atoms with Gasteiger partial charge in [-0.2, -0.15) is 10.2 Å². The van der Waals surface area contributed by atoms with Crippen molar-refractivity contribution in [3.63, 3.8) is 0 Å². The third-order valence-corrected chi connectivity index (χ3v) is 4.90. The molecule has 3 N–H and O–H groups in total. The maximum atomic E-state index is 12.4. The SMILES string of the molecule is Cc1nn(CC(C)C)c(C)c1CCC(=O)NNC(=O)c1n[nH]c(=O)c2ccccc12. The normalized spacial score (nSPS) is 11.1. The summed E-state index contributed by atoms with van der Waals surface area (Å²) in [5.41, 5.74) is 7.44. The summed E-state index contributed by atoms with van der Waals surface area (Å²) in [4.78, 5) is 36.5. The van der Waals surface area contributed by atoms with Gasteiger partial charge in [0, 0.05) is 24.0 Å². The van der Waals surface area contributed by atoms with Gasteiger partial charge in [0.05, 0.1) is 11.1 Å². The van der Waals surface area contributed by atoms with Crippen LogP contribution >= 0.6 is 0 Å². The van der Waals surface area contributed by atoms with Crippen LogP contribution in [-0.2, 0) is 17.8 Å². The summed E-state index contributed by atoms with van der Waals surface area (Å²) in [6.07, 6.45) is 0.729. The number of fused-ring (bicyclic) bond motifs is 1. The van der Waals surface area contributed by atoms with Crippen molar-refractivity contribution in [3.8, 4) is 0 Å². The molecule has 1 aromatic carbocycles. The van der Waals surface area contributed by atoms with Gasteiger partial charge >= 0.3 is 0 Å². The number of carbonyl (C=O) groups is 2. The molecule has 0 bridgehead atoms. The lowest BCUT2D eigenvalue weighted by Crippen LogP contribution is -2.42. The zero-order valence-electron chi connectivity index (χ0n) is 17.6. The summed E-state index contributed by atoms with van der Waals surface area (Å²) in [5.74, 6) is -0.451. The Morgan fingerprint density at radius 3 is 2.53 bits per heavy atom. The fourth-order valence-corrected chi connectivity index (χ4v) is 3.39. The summed E-state index contributed by atoms with van der Waals surface area (Å²) in [6.45, 7) is 9.03. The first-order valence-corrected chi connectivity index (χ1v) is 9.87. The topological polar surface area (TPSA) is 122 Å². The molecule has 3 aromatic rings. The zero-order chi connectivity index (χ0) is 21.8. The molecular formula is C21H26N6O3. The number of aromatic nitrogens is 4. The molecule has 0 unspecified atom stereocenters. The summed E-state index contributed by atoms with van der Waals surface area (Å²) in [5, 5.41) is 11.4. The minimum absolute atomic E-state index is 0.0344. The molecule has 0 radical (unpaired) electrons. The fourth-order valence-electron chi connectivity index (χ4n) is 3.39. The predicted molar refractivity (Wildman–Crippen MR) is 113 cm³/mol. The molecule has 9 heteroatoms. The first-order chi connectivity index (χ1) is 14.3. The highest BCUT2D eigenvalue weighted by Gasteiger charge is 2.16. The van der Waals surface area contributed by atoms with Gasteiger partial charge in [0.15, 0.2) is 5.69 Å². The minimum atomic E-state index is -0.604. The van der Waals surface area contributed by atoms with Crippen molar-refractivity contribution < 1.29 is 9.59 Å². The number of rotatable bonds is 6. The van der Waals surface area contributed by atoms with E-state index >= 15 is 0 Å². The minimum Gasteiger partial charge on any atom is -0.273 e. The van der Waals surface area contributed by atoms with Crippen molar-refractivity contribution in [2.24, 2.45) is 5.92 Å². The lowest BCUT2D eigenvalue weighted by Gasteiger charge is -2.09. The Labute approximate surface area is 173 Å². The Kier molecular flexibility index (Phi) is 6.29. The number of aromatic amines is 1. The van der Waals surface area contributed by atoms with Crippen LogP contribution in [0, 0.1) is 19.8 Å². The van der Waals surface area contributed by atoms with Gasteiger partial charge in [-0.25, -0.2) is 5.10 Å². The number of hydrogen-bond acceptors (Lipinski definition) is 5. The number of carbonyl (C=O) groups excluding carboxylic acids is 2. The van der Waals surface area contributed by atoms with Gasteiger partial charge < -0.3 is 0 Å². The smallest absolute Gasteiger partial charge is 0.273 e. The van der Waals surface area contributed by atoms with Crippen molar-refractivity contribution in [2.75, 3.05) is 0 Å². The van der Waals surface area contributed by atoms with Gasteiger partial charge in [0.25, 0.3) is 11.5 Å². The number of benzene rings is 1. The Balaban J connectivity index is 1.61. The molecule has 0 atom stereocenters. The van der Waals surface area contributed by atoms with Gasteiger partial charge in [-0.15, -0.1) is 0 Å². The van der Waals surface area contributed by atoms with Crippen LogP contribution in [0.15, 0.2) is 29.1 Å².